The van der Waals surface area contributed by atoms with Crippen LogP contribution in [0.2, 0.25) is 0 Å². The van der Waals surface area contributed by atoms with E-state index in [1.807, 2.05) is 6.92 Å². The fourth-order valence-corrected chi connectivity index (χ4v) is 4.08. The lowest BCUT2D eigenvalue weighted by molar-refractivity contribution is -0.144. The molecule has 1 unspecified atom stereocenters. The molecule has 0 aromatic heterocycles. The molecule has 2 N–H and O–H groups in total. The molecule has 2 fully saturated rings. The first-order chi connectivity index (χ1) is 11.1. The molecule has 1 atom stereocenters. The van der Waals surface area contributed by atoms with Crippen molar-refractivity contribution in [2.45, 2.75) is 70.8 Å². The maximum absolute atomic E-state index is 12.2. The number of rotatable bonds is 8. The average molecular weight is 325 g/mol. The first-order valence-electron chi connectivity index (χ1n) is 9.24. The molecule has 0 bridgehead atoms. The Morgan fingerprint density at radius 1 is 1.09 bits per heavy atom. The van der Waals surface area contributed by atoms with Crippen molar-refractivity contribution in [1.82, 2.24) is 5.32 Å². The van der Waals surface area contributed by atoms with E-state index >= 15 is 0 Å². The summed E-state index contributed by atoms with van der Waals surface area (Å²) in [6, 6.07) is 0. The Bertz CT molecular complexity index is 384. The van der Waals surface area contributed by atoms with Crippen molar-refractivity contribution in [2.24, 2.45) is 17.8 Å². The number of ether oxygens (including phenoxy) is 1. The average Bonchev–Trinajstić information content (AvgIpc) is 3.08. The van der Waals surface area contributed by atoms with Gasteiger partial charge < -0.3 is 15.2 Å². The Morgan fingerprint density at radius 3 is 2.26 bits per heavy atom. The Labute approximate surface area is 139 Å². The van der Waals surface area contributed by atoms with Crippen molar-refractivity contribution >= 4 is 11.9 Å². The second-order valence-corrected chi connectivity index (χ2v) is 7.00. The third kappa shape index (κ3) is 5.48. The SMILES string of the molecule is CCOC(CCNC(=O)C1CCC(C(=O)O)CC1)C1CCCC1. The molecule has 2 aliphatic rings. The van der Waals surface area contributed by atoms with E-state index < -0.39 is 5.97 Å². The summed E-state index contributed by atoms with van der Waals surface area (Å²) in [6.07, 6.45) is 8.88. The van der Waals surface area contributed by atoms with E-state index in [1.54, 1.807) is 0 Å². The van der Waals surface area contributed by atoms with Crippen molar-refractivity contribution < 1.29 is 19.4 Å². The molecule has 5 nitrogen and oxygen atoms in total. The molecular weight excluding hydrogens is 294 g/mol. The summed E-state index contributed by atoms with van der Waals surface area (Å²) < 4.78 is 5.88. The molecule has 2 saturated carbocycles. The Hall–Kier alpha value is -1.10. The lowest BCUT2D eigenvalue weighted by Gasteiger charge is -2.26. The molecule has 0 heterocycles. The summed E-state index contributed by atoms with van der Waals surface area (Å²) in [5.41, 5.74) is 0. The summed E-state index contributed by atoms with van der Waals surface area (Å²) in [5, 5.41) is 12.0. The minimum atomic E-state index is -0.722. The molecule has 132 valence electrons. The molecule has 0 spiro atoms. The standard InChI is InChI=1S/C18H31NO4/c1-2-23-16(13-5-3-4-6-13)11-12-19-17(20)14-7-9-15(10-8-14)18(21)22/h13-16H,2-12H2,1H3,(H,19,20)(H,21,22). The number of aliphatic carboxylic acids is 1. The topological polar surface area (TPSA) is 75.6 Å². The van der Waals surface area contributed by atoms with Gasteiger partial charge in [-0.3, -0.25) is 9.59 Å². The molecule has 0 aromatic rings. The van der Waals surface area contributed by atoms with E-state index in [9.17, 15) is 9.59 Å². The highest BCUT2D eigenvalue weighted by Crippen LogP contribution is 2.31. The maximum atomic E-state index is 12.2. The number of carbonyl (C=O) groups excluding carboxylic acids is 1. The number of hydrogen-bond donors (Lipinski definition) is 2. The van der Waals surface area contributed by atoms with Gasteiger partial charge in [0.1, 0.15) is 0 Å². The Kier molecular flexibility index (Phi) is 7.34. The van der Waals surface area contributed by atoms with Crippen LogP contribution in [0.4, 0.5) is 0 Å². The van der Waals surface area contributed by atoms with Gasteiger partial charge in [0, 0.05) is 19.1 Å². The lowest BCUT2D eigenvalue weighted by atomic mass is 9.81. The summed E-state index contributed by atoms with van der Waals surface area (Å²) in [5.74, 6) is -0.250. The largest absolute Gasteiger partial charge is 0.481 e. The van der Waals surface area contributed by atoms with Gasteiger partial charge in [-0.05, 0) is 57.8 Å². The van der Waals surface area contributed by atoms with Gasteiger partial charge >= 0.3 is 5.97 Å². The smallest absolute Gasteiger partial charge is 0.306 e. The number of nitrogens with one attached hydrogen (secondary N) is 1. The summed E-state index contributed by atoms with van der Waals surface area (Å²) in [7, 11) is 0. The number of amides is 1. The van der Waals surface area contributed by atoms with Crippen LogP contribution in [0.3, 0.4) is 0 Å². The Morgan fingerprint density at radius 2 is 1.70 bits per heavy atom. The van der Waals surface area contributed by atoms with Gasteiger partial charge in [0.15, 0.2) is 0 Å². The van der Waals surface area contributed by atoms with Gasteiger partial charge in [-0.25, -0.2) is 0 Å². The van der Waals surface area contributed by atoms with Crippen LogP contribution in [0.5, 0.6) is 0 Å². The van der Waals surface area contributed by atoms with Crippen LogP contribution < -0.4 is 5.32 Å². The first-order valence-corrected chi connectivity index (χ1v) is 9.24. The quantitative estimate of drug-likeness (QED) is 0.719. The molecule has 0 aromatic carbocycles. The van der Waals surface area contributed by atoms with E-state index in [4.69, 9.17) is 9.84 Å². The monoisotopic (exact) mass is 325 g/mol. The van der Waals surface area contributed by atoms with Crippen molar-refractivity contribution in [3.63, 3.8) is 0 Å². The molecule has 5 heteroatoms. The van der Waals surface area contributed by atoms with Gasteiger partial charge in [0.2, 0.25) is 5.91 Å². The highest BCUT2D eigenvalue weighted by atomic mass is 16.5. The zero-order chi connectivity index (χ0) is 16.7. The minimum absolute atomic E-state index is 0.0115. The molecular formula is C18H31NO4. The summed E-state index contributed by atoms with van der Waals surface area (Å²) in [6.45, 7) is 3.43. The van der Waals surface area contributed by atoms with Crippen molar-refractivity contribution in [3.05, 3.63) is 0 Å². The third-order valence-electron chi connectivity index (χ3n) is 5.48. The Balaban J connectivity index is 1.68. The molecule has 2 rings (SSSR count). The minimum Gasteiger partial charge on any atom is -0.481 e. The van der Waals surface area contributed by atoms with Crippen LogP contribution in [-0.2, 0) is 14.3 Å². The fraction of sp³-hybridized carbons (Fsp3) is 0.889. The predicted octanol–water partition coefficient (Wildman–Crippen LogP) is 2.98. The van der Waals surface area contributed by atoms with Gasteiger partial charge in [0.25, 0.3) is 0 Å². The van der Waals surface area contributed by atoms with Crippen LogP contribution in [0.1, 0.15) is 64.7 Å². The zero-order valence-corrected chi connectivity index (χ0v) is 14.3. The number of carboxylic acid groups (broad SMARTS) is 1. The highest BCUT2D eigenvalue weighted by molar-refractivity contribution is 5.79. The molecule has 1 amide bonds. The highest BCUT2D eigenvalue weighted by Gasteiger charge is 2.30. The van der Waals surface area contributed by atoms with Gasteiger partial charge in [-0.15, -0.1) is 0 Å². The lowest BCUT2D eigenvalue weighted by Crippen LogP contribution is -2.36. The number of hydrogen-bond acceptors (Lipinski definition) is 3. The predicted molar refractivity (Wildman–Crippen MR) is 88.1 cm³/mol. The van der Waals surface area contributed by atoms with Gasteiger partial charge in [-0.1, -0.05) is 12.8 Å². The van der Waals surface area contributed by atoms with Crippen LogP contribution in [-0.4, -0.2) is 36.2 Å². The number of carbonyl (C=O) groups is 2. The third-order valence-corrected chi connectivity index (χ3v) is 5.48. The second-order valence-electron chi connectivity index (χ2n) is 7.00. The van der Waals surface area contributed by atoms with Crippen molar-refractivity contribution in [1.29, 1.82) is 0 Å². The maximum Gasteiger partial charge on any atom is 0.306 e. The van der Waals surface area contributed by atoms with E-state index in [-0.39, 0.29) is 23.8 Å². The van der Waals surface area contributed by atoms with Crippen LogP contribution in [0, 0.1) is 17.8 Å². The van der Waals surface area contributed by atoms with E-state index in [2.05, 4.69) is 5.32 Å². The van der Waals surface area contributed by atoms with Crippen LogP contribution in [0.25, 0.3) is 0 Å². The van der Waals surface area contributed by atoms with Crippen LogP contribution >= 0.6 is 0 Å². The van der Waals surface area contributed by atoms with Crippen molar-refractivity contribution in [2.75, 3.05) is 13.2 Å². The van der Waals surface area contributed by atoms with E-state index in [1.165, 1.54) is 25.7 Å². The van der Waals surface area contributed by atoms with E-state index in [0.29, 0.717) is 38.1 Å². The normalized spacial score (nSPS) is 26.8. The molecule has 2 aliphatic carbocycles. The molecule has 0 radical (unpaired) electrons. The molecule has 0 aliphatic heterocycles. The molecule has 0 saturated heterocycles. The summed E-state index contributed by atoms with van der Waals surface area (Å²) in [4.78, 5) is 23.2. The van der Waals surface area contributed by atoms with Gasteiger partial charge in [0.05, 0.1) is 12.0 Å². The van der Waals surface area contributed by atoms with Crippen LogP contribution in [0.15, 0.2) is 0 Å². The van der Waals surface area contributed by atoms with Crippen molar-refractivity contribution in [3.8, 4) is 0 Å². The fourth-order valence-electron chi connectivity index (χ4n) is 4.08. The first kappa shape index (κ1) is 18.2. The van der Waals surface area contributed by atoms with Gasteiger partial charge in [-0.2, -0.15) is 0 Å². The summed E-state index contributed by atoms with van der Waals surface area (Å²) >= 11 is 0. The number of carboxylic acids is 1. The van der Waals surface area contributed by atoms with E-state index in [0.717, 1.165) is 13.0 Å². The zero-order valence-electron chi connectivity index (χ0n) is 14.3. The molecule has 23 heavy (non-hydrogen) atoms. The second kappa shape index (κ2) is 9.26.